The average Bonchev–Trinajstić information content (AvgIpc) is 3.08. The second kappa shape index (κ2) is 5.64. The molecular formula is C25H15FN2. The quantitative estimate of drug-likeness (QED) is 0.327. The van der Waals surface area contributed by atoms with Gasteiger partial charge in [-0.3, -0.25) is 4.57 Å². The van der Waals surface area contributed by atoms with Gasteiger partial charge in [-0.05, 0) is 47.5 Å². The number of hydrogen-bond donors (Lipinski definition) is 0. The zero-order valence-corrected chi connectivity index (χ0v) is 14.9. The van der Waals surface area contributed by atoms with Crippen molar-refractivity contribution in [1.29, 1.82) is 0 Å². The molecule has 5 aromatic rings. The molecule has 0 unspecified atom stereocenters. The van der Waals surface area contributed by atoms with Gasteiger partial charge < -0.3 is 0 Å². The Kier molecular flexibility index (Phi) is 3.09. The van der Waals surface area contributed by atoms with Crippen LogP contribution in [0.25, 0.3) is 50.4 Å². The molecule has 2 nitrogen and oxygen atoms in total. The van der Waals surface area contributed by atoms with Gasteiger partial charge >= 0.3 is 0 Å². The Morgan fingerprint density at radius 3 is 2.04 bits per heavy atom. The summed E-state index contributed by atoms with van der Waals surface area (Å²) in [6, 6.07) is 29.7. The van der Waals surface area contributed by atoms with E-state index in [0.717, 1.165) is 39.2 Å². The van der Waals surface area contributed by atoms with Gasteiger partial charge in [-0.25, -0.2) is 9.37 Å². The van der Waals surface area contributed by atoms with Crippen molar-refractivity contribution in [2.24, 2.45) is 0 Å². The van der Waals surface area contributed by atoms with Crippen molar-refractivity contribution in [3.63, 3.8) is 0 Å². The summed E-state index contributed by atoms with van der Waals surface area (Å²) < 4.78 is 15.7. The van der Waals surface area contributed by atoms with E-state index in [2.05, 4.69) is 65.2 Å². The first-order chi connectivity index (χ1) is 13.8. The van der Waals surface area contributed by atoms with Crippen LogP contribution >= 0.6 is 0 Å². The Hall–Kier alpha value is -3.72. The minimum absolute atomic E-state index is 0.246. The molecule has 0 radical (unpaired) electrons. The van der Waals surface area contributed by atoms with Gasteiger partial charge in [-0.2, -0.15) is 0 Å². The van der Waals surface area contributed by atoms with E-state index >= 15 is 0 Å². The van der Waals surface area contributed by atoms with Crippen LogP contribution in [0.3, 0.4) is 0 Å². The molecule has 0 spiro atoms. The molecule has 1 aliphatic rings. The van der Waals surface area contributed by atoms with E-state index in [1.807, 2.05) is 6.07 Å². The number of nitrogens with zero attached hydrogens (tertiary/aromatic N) is 2. The van der Waals surface area contributed by atoms with Crippen LogP contribution < -0.4 is 0 Å². The summed E-state index contributed by atoms with van der Waals surface area (Å²) in [5, 5.41) is 0. The number of rotatable bonds is 1. The molecule has 0 N–H and O–H groups in total. The van der Waals surface area contributed by atoms with Crippen LogP contribution in [0.4, 0.5) is 4.39 Å². The third-order valence-electron chi connectivity index (χ3n) is 5.43. The van der Waals surface area contributed by atoms with Gasteiger partial charge in [0.1, 0.15) is 11.6 Å². The van der Waals surface area contributed by atoms with E-state index in [0.29, 0.717) is 0 Å². The van der Waals surface area contributed by atoms with Crippen molar-refractivity contribution in [2.75, 3.05) is 0 Å². The minimum Gasteiger partial charge on any atom is -0.291 e. The van der Waals surface area contributed by atoms with Crippen LogP contribution in [0.2, 0.25) is 0 Å². The van der Waals surface area contributed by atoms with E-state index in [4.69, 9.17) is 4.98 Å². The van der Waals surface area contributed by atoms with E-state index in [1.165, 1.54) is 23.3 Å². The zero-order valence-electron chi connectivity index (χ0n) is 14.9. The molecule has 0 amide bonds. The van der Waals surface area contributed by atoms with Crippen LogP contribution in [-0.2, 0) is 0 Å². The molecule has 0 saturated heterocycles. The lowest BCUT2D eigenvalue weighted by Crippen LogP contribution is -1.99. The third-order valence-corrected chi connectivity index (χ3v) is 5.43. The molecule has 4 aromatic carbocycles. The van der Waals surface area contributed by atoms with Crippen LogP contribution in [0, 0.1) is 5.82 Å². The third kappa shape index (κ3) is 2.04. The van der Waals surface area contributed by atoms with E-state index in [9.17, 15) is 4.39 Å². The van der Waals surface area contributed by atoms with Gasteiger partial charge in [0.2, 0.25) is 0 Å². The van der Waals surface area contributed by atoms with Crippen molar-refractivity contribution in [1.82, 2.24) is 9.55 Å². The summed E-state index contributed by atoms with van der Waals surface area (Å²) >= 11 is 0. The summed E-state index contributed by atoms with van der Waals surface area (Å²) in [6.45, 7) is 0. The fourth-order valence-electron chi connectivity index (χ4n) is 4.22. The first-order valence-electron chi connectivity index (χ1n) is 9.28. The number of imidazole rings is 1. The minimum atomic E-state index is -0.246. The maximum Gasteiger partial charge on any atom is 0.145 e. The number of halogens is 1. The van der Waals surface area contributed by atoms with Crippen LogP contribution in [0.5, 0.6) is 0 Å². The number of aromatic nitrogens is 2. The lowest BCUT2D eigenvalue weighted by atomic mass is 9.94. The highest BCUT2D eigenvalue weighted by Crippen LogP contribution is 2.44. The molecule has 0 atom stereocenters. The van der Waals surface area contributed by atoms with Crippen molar-refractivity contribution in [2.45, 2.75) is 0 Å². The van der Waals surface area contributed by atoms with Crippen LogP contribution in [0.1, 0.15) is 0 Å². The molecule has 132 valence electrons. The van der Waals surface area contributed by atoms with Crippen molar-refractivity contribution >= 4 is 11.0 Å². The summed E-state index contributed by atoms with van der Waals surface area (Å²) in [7, 11) is 0. The van der Waals surface area contributed by atoms with Gasteiger partial charge in [0.15, 0.2) is 0 Å². The number of para-hydroxylation sites is 2. The Morgan fingerprint density at radius 1 is 0.607 bits per heavy atom. The molecule has 1 aromatic heterocycles. The fourth-order valence-corrected chi connectivity index (χ4v) is 4.22. The molecular weight excluding hydrogens is 347 g/mol. The second-order valence-corrected chi connectivity index (χ2v) is 7.01. The van der Waals surface area contributed by atoms with Crippen molar-refractivity contribution in [3.8, 4) is 39.3 Å². The lowest BCUT2D eigenvalue weighted by molar-refractivity contribution is 0.628. The highest BCUT2D eigenvalue weighted by Gasteiger charge is 2.24. The molecule has 3 heteroatoms. The monoisotopic (exact) mass is 362 g/mol. The van der Waals surface area contributed by atoms with Crippen LogP contribution in [-0.4, -0.2) is 9.55 Å². The topological polar surface area (TPSA) is 17.8 Å². The Bertz CT molecular complexity index is 1360. The first-order valence-corrected chi connectivity index (χ1v) is 9.28. The van der Waals surface area contributed by atoms with Gasteiger partial charge in [0, 0.05) is 16.7 Å². The molecule has 0 saturated carbocycles. The SMILES string of the molecule is Fc1ccc(-c2nc3cccc4c3n2-c2ccccc2-c2ccccc2-4)cc1. The maximum atomic E-state index is 13.5. The van der Waals surface area contributed by atoms with E-state index < -0.39 is 0 Å². The summed E-state index contributed by atoms with van der Waals surface area (Å²) in [4.78, 5) is 4.94. The largest absolute Gasteiger partial charge is 0.291 e. The average molecular weight is 362 g/mol. The fraction of sp³-hybridized carbons (Fsp3) is 0. The normalized spacial score (nSPS) is 11.8. The molecule has 28 heavy (non-hydrogen) atoms. The number of hydrogen-bond acceptors (Lipinski definition) is 1. The Morgan fingerprint density at radius 2 is 1.25 bits per heavy atom. The lowest BCUT2D eigenvalue weighted by Gasteiger charge is -2.13. The zero-order chi connectivity index (χ0) is 18.7. The van der Waals surface area contributed by atoms with E-state index in [-0.39, 0.29) is 5.82 Å². The van der Waals surface area contributed by atoms with Crippen molar-refractivity contribution < 1.29 is 4.39 Å². The molecule has 6 rings (SSSR count). The summed E-state index contributed by atoms with van der Waals surface area (Å²) in [6.07, 6.45) is 0. The number of benzene rings is 4. The van der Waals surface area contributed by atoms with Gasteiger partial charge in [-0.15, -0.1) is 0 Å². The van der Waals surface area contributed by atoms with Gasteiger partial charge in [-0.1, -0.05) is 54.6 Å². The highest BCUT2D eigenvalue weighted by molar-refractivity contribution is 6.03. The second-order valence-electron chi connectivity index (χ2n) is 7.01. The maximum absolute atomic E-state index is 13.5. The van der Waals surface area contributed by atoms with Gasteiger partial charge in [0.05, 0.1) is 16.7 Å². The molecule has 1 aliphatic heterocycles. The summed E-state index contributed by atoms with van der Waals surface area (Å²) in [5.74, 6) is 0.576. The standard InChI is InChI=1S/C25H15FN2/c26-17-14-12-16(13-15-17)25-27-22-10-5-9-21-19-7-2-1-6-18(19)20-8-3-4-11-23(20)28(25)24(21)22/h1-15H. The highest BCUT2D eigenvalue weighted by atomic mass is 19.1. The first kappa shape index (κ1) is 15.3. The molecule has 2 heterocycles. The molecule has 0 bridgehead atoms. The number of fused-ring (bicyclic) bond motifs is 5. The van der Waals surface area contributed by atoms with Crippen molar-refractivity contribution in [3.05, 3.63) is 96.8 Å². The predicted octanol–water partition coefficient (Wildman–Crippen LogP) is 6.48. The summed E-state index contributed by atoms with van der Waals surface area (Å²) in [5.41, 5.74) is 8.72. The molecule has 0 fully saturated rings. The van der Waals surface area contributed by atoms with E-state index in [1.54, 1.807) is 12.1 Å². The molecule has 0 aliphatic carbocycles. The van der Waals surface area contributed by atoms with Gasteiger partial charge in [0.25, 0.3) is 0 Å². The Labute approximate surface area is 161 Å². The predicted molar refractivity (Wildman–Crippen MR) is 111 cm³/mol. The smallest absolute Gasteiger partial charge is 0.145 e. The van der Waals surface area contributed by atoms with Crippen LogP contribution in [0.15, 0.2) is 91.0 Å². The Balaban J connectivity index is 1.82.